The molecule has 1 N–H and O–H groups in total. The van der Waals surface area contributed by atoms with E-state index in [9.17, 15) is 9.18 Å². The van der Waals surface area contributed by atoms with Crippen LogP contribution in [0.2, 0.25) is 0 Å². The van der Waals surface area contributed by atoms with Crippen molar-refractivity contribution in [3.8, 4) is 11.5 Å². The average molecular weight is 420 g/mol. The van der Waals surface area contributed by atoms with Crippen LogP contribution in [0.3, 0.4) is 0 Å². The first-order valence-electron chi connectivity index (χ1n) is 10.2. The van der Waals surface area contributed by atoms with E-state index in [0.717, 1.165) is 22.6 Å². The van der Waals surface area contributed by atoms with Gasteiger partial charge in [0.15, 0.2) is 0 Å². The Morgan fingerprint density at radius 2 is 1.87 bits per heavy atom. The molecule has 1 heterocycles. The molecule has 1 atom stereocenters. The van der Waals surface area contributed by atoms with E-state index in [1.807, 2.05) is 54.6 Å². The minimum absolute atomic E-state index is 0.0620. The number of carbonyl (C=O) groups excluding carboxylic acids is 1. The second kappa shape index (κ2) is 9.51. The molecule has 0 unspecified atom stereocenters. The molecule has 4 rings (SSSR count). The number of methoxy groups -OCH3 is 1. The predicted molar refractivity (Wildman–Crippen MR) is 118 cm³/mol. The minimum atomic E-state index is -0.339. The van der Waals surface area contributed by atoms with Crippen molar-refractivity contribution in [1.29, 1.82) is 0 Å². The van der Waals surface area contributed by atoms with Crippen molar-refractivity contribution in [2.45, 2.75) is 25.6 Å². The predicted octanol–water partition coefficient (Wildman–Crippen LogP) is 4.31. The molecule has 31 heavy (non-hydrogen) atoms. The van der Waals surface area contributed by atoms with Crippen molar-refractivity contribution in [2.24, 2.45) is 0 Å². The van der Waals surface area contributed by atoms with Gasteiger partial charge in [-0.2, -0.15) is 0 Å². The number of hydrogen-bond acceptors (Lipinski definition) is 4. The first-order valence-corrected chi connectivity index (χ1v) is 10.2. The highest BCUT2D eigenvalue weighted by Gasteiger charge is 2.29. The third-order valence-corrected chi connectivity index (χ3v) is 5.37. The van der Waals surface area contributed by atoms with E-state index in [4.69, 9.17) is 9.47 Å². The molecule has 0 bridgehead atoms. The van der Waals surface area contributed by atoms with E-state index in [0.29, 0.717) is 25.4 Å². The summed E-state index contributed by atoms with van der Waals surface area (Å²) in [6.45, 7) is 1.37. The lowest BCUT2D eigenvalue weighted by molar-refractivity contribution is -0.121. The summed E-state index contributed by atoms with van der Waals surface area (Å²) in [5.74, 6) is 0.883. The smallest absolute Gasteiger partial charge is 0.222 e. The summed E-state index contributed by atoms with van der Waals surface area (Å²) in [6.07, 6.45) is 0.278. The van der Waals surface area contributed by atoms with Gasteiger partial charge in [0.25, 0.3) is 0 Å². The summed E-state index contributed by atoms with van der Waals surface area (Å²) in [4.78, 5) is 14.8. The lowest BCUT2D eigenvalue weighted by Gasteiger charge is -2.38. The monoisotopic (exact) mass is 420 g/mol. The SMILES string of the molecule is COc1ccc(CNC(=O)C[C@H]2COc3cc(F)ccc3N2Cc2ccccc2)cc1. The molecule has 1 aliphatic heterocycles. The molecule has 1 amide bonds. The Labute approximate surface area is 181 Å². The number of amides is 1. The van der Waals surface area contributed by atoms with Gasteiger partial charge < -0.3 is 19.7 Å². The number of carbonyl (C=O) groups is 1. The van der Waals surface area contributed by atoms with Gasteiger partial charge >= 0.3 is 0 Å². The third-order valence-electron chi connectivity index (χ3n) is 5.37. The molecule has 6 heteroatoms. The topological polar surface area (TPSA) is 50.8 Å². The second-order valence-corrected chi connectivity index (χ2v) is 7.52. The van der Waals surface area contributed by atoms with Gasteiger partial charge in [-0.3, -0.25) is 4.79 Å². The summed E-state index contributed by atoms with van der Waals surface area (Å²) in [5.41, 5.74) is 2.91. The number of ether oxygens (including phenoxy) is 2. The lowest BCUT2D eigenvalue weighted by atomic mass is 10.1. The third kappa shape index (κ3) is 5.15. The number of hydrogen-bond donors (Lipinski definition) is 1. The van der Waals surface area contributed by atoms with E-state index in [-0.39, 0.29) is 24.2 Å². The number of nitrogens with one attached hydrogen (secondary N) is 1. The zero-order valence-corrected chi connectivity index (χ0v) is 17.4. The molecule has 3 aromatic carbocycles. The van der Waals surface area contributed by atoms with Crippen LogP contribution in [-0.4, -0.2) is 25.7 Å². The van der Waals surface area contributed by atoms with Crippen LogP contribution in [0.15, 0.2) is 72.8 Å². The molecule has 0 saturated carbocycles. The van der Waals surface area contributed by atoms with Gasteiger partial charge in [-0.1, -0.05) is 42.5 Å². The summed E-state index contributed by atoms with van der Waals surface area (Å²) in [7, 11) is 1.62. The summed E-state index contributed by atoms with van der Waals surface area (Å²) in [5, 5.41) is 2.98. The first kappa shape index (κ1) is 20.7. The molecule has 3 aromatic rings. The van der Waals surface area contributed by atoms with Gasteiger partial charge in [0.2, 0.25) is 5.91 Å². The summed E-state index contributed by atoms with van der Waals surface area (Å²) < 4.78 is 24.7. The largest absolute Gasteiger partial charge is 0.497 e. The van der Waals surface area contributed by atoms with Gasteiger partial charge in [-0.05, 0) is 35.4 Å². The number of halogens is 1. The van der Waals surface area contributed by atoms with Crippen molar-refractivity contribution in [3.63, 3.8) is 0 Å². The fourth-order valence-electron chi connectivity index (χ4n) is 3.71. The highest BCUT2D eigenvalue weighted by Crippen LogP contribution is 2.36. The summed E-state index contributed by atoms with van der Waals surface area (Å²) in [6, 6.07) is 22.0. The fourth-order valence-corrected chi connectivity index (χ4v) is 3.71. The Hall–Kier alpha value is -3.54. The van der Waals surface area contributed by atoms with E-state index < -0.39 is 0 Å². The van der Waals surface area contributed by atoms with E-state index >= 15 is 0 Å². The molecule has 1 aliphatic rings. The highest BCUT2D eigenvalue weighted by atomic mass is 19.1. The molecular weight excluding hydrogens is 395 g/mol. The van der Waals surface area contributed by atoms with Crippen molar-refractivity contribution < 1.29 is 18.7 Å². The van der Waals surface area contributed by atoms with Crippen molar-refractivity contribution in [1.82, 2.24) is 5.32 Å². The Bertz CT molecular complexity index is 1020. The molecule has 0 aromatic heterocycles. The van der Waals surface area contributed by atoms with Crippen LogP contribution in [-0.2, 0) is 17.9 Å². The van der Waals surface area contributed by atoms with Crippen LogP contribution in [0, 0.1) is 5.82 Å². The number of rotatable bonds is 7. The number of fused-ring (bicyclic) bond motifs is 1. The quantitative estimate of drug-likeness (QED) is 0.619. The van der Waals surface area contributed by atoms with Crippen molar-refractivity contribution in [2.75, 3.05) is 18.6 Å². The normalized spacial score (nSPS) is 15.0. The number of anilines is 1. The van der Waals surface area contributed by atoms with Crippen LogP contribution in [0.5, 0.6) is 11.5 Å². The zero-order chi connectivity index (χ0) is 21.6. The Morgan fingerprint density at radius 3 is 2.61 bits per heavy atom. The zero-order valence-electron chi connectivity index (χ0n) is 17.4. The minimum Gasteiger partial charge on any atom is -0.497 e. The van der Waals surface area contributed by atoms with Crippen LogP contribution in [0.1, 0.15) is 17.5 Å². The molecule has 160 valence electrons. The average Bonchev–Trinajstić information content (AvgIpc) is 2.80. The highest BCUT2D eigenvalue weighted by molar-refractivity contribution is 5.77. The molecule has 0 spiro atoms. The maximum Gasteiger partial charge on any atom is 0.222 e. The van der Waals surface area contributed by atoms with Crippen molar-refractivity contribution >= 4 is 11.6 Å². The van der Waals surface area contributed by atoms with Gasteiger partial charge in [0.1, 0.15) is 23.9 Å². The number of nitrogens with zero attached hydrogens (tertiary/aromatic N) is 1. The molecule has 0 fully saturated rings. The molecule has 0 radical (unpaired) electrons. The van der Waals surface area contributed by atoms with Crippen LogP contribution in [0.25, 0.3) is 0 Å². The number of benzene rings is 3. The van der Waals surface area contributed by atoms with Gasteiger partial charge in [-0.15, -0.1) is 0 Å². The first-order chi connectivity index (χ1) is 15.1. The van der Waals surface area contributed by atoms with E-state index in [1.54, 1.807) is 13.2 Å². The Morgan fingerprint density at radius 1 is 1.10 bits per heavy atom. The second-order valence-electron chi connectivity index (χ2n) is 7.52. The van der Waals surface area contributed by atoms with Gasteiger partial charge in [0, 0.05) is 19.2 Å². The fraction of sp³-hybridized carbons (Fsp3) is 0.240. The Balaban J connectivity index is 1.45. The molecular formula is C25H25FN2O3. The molecule has 0 aliphatic carbocycles. The van der Waals surface area contributed by atoms with Crippen molar-refractivity contribution in [3.05, 3.63) is 89.7 Å². The maximum atomic E-state index is 13.7. The molecule has 5 nitrogen and oxygen atoms in total. The van der Waals surface area contributed by atoms with Crippen LogP contribution >= 0.6 is 0 Å². The summed E-state index contributed by atoms with van der Waals surface area (Å²) >= 11 is 0. The van der Waals surface area contributed by atoms with E-state index in [2.05, 4.69) is 10.2 Å². The Kier molecular flexibility index (Phi) is 6.36. The van der Waals surface area contributed by atoms with E-state index in [1.165, 1.54) is 12.1 Å². The standard InChI is InChI=1S/C25H25FN2O3/c1-30-22-10-7-18(8-11-22)15-27-25(29)14-21-17-31-24-13-20(26)9-12-23(24)28(21)16-19-5-3-2-4-6-19/h2-13,21H,14-17H2,1H3,(H,27,29)/t21-/m0/s1. The molecule has 0 saturated heterocycles. The van der Waals surface area contributed by atoms with Gasteiger partial charge in [0.05, 0.1) is 25.3 Å². The van der Waals surface area contributed by atoms with Crippen LogP contribution in [0.4, 0.5) is 10.1 Å². The maximum absolute atomic E-state index is 13.7. The van der Waals surface area contributed by atoms with Gasteiger partial charge in [-0.25, -0.2) is 4.39 Å². The lowest BCUT2D eigenvalue weighted by Crippen LogP contribution is -2.45. The van der Waals surface area contributed by atoms with Crippen LogP contribution < -0.4 is 19.7 Å².